The molecule has 2 aromatic rings. The predicted octanol–water partition coefficient (Wildman–Crippen LogP) is 3.06. The fraction of sp³-hybridized carbons (Fsp3) is 0.353. The Balaban J connectivity index is 1.82. The molecular formula is C17H19ClN6. The minimum absolute atomic E-state index is 0.251. The first-order chi connectivity index (χ1) is 11.5. The van der Waals surface area contributed by atoms with Crippen LogP contribution in [0.5, 0.6) is 0 Å². The lowest BCUT2D eigenvalue weighted by molar-refractivity contribution is 0.359. The zero-order valence-electron chi connectivity index (χ0n) is 13.7. The molecule has 0 spiro atoms. The first-order valence-corrected chi connectivity index (χ1v) is 8.19. The van der Waals surface area contributed by atoms with Gasteiger partial charge in [-0.05, 0) is 49.9 Å². The number of hydrogen-bond acceptors (Lipinski definition) is 6. The van der Waals surface area contributed by atoms with Gasteiger partial charge in [-0.1, -0.05) is 0 Å². The van der Waals surface area contributed by atoms with Crippen LogP contribution >= 0.6 is 11.8 Å². The van der Waals surface area contributed by atoms with Gasteiger partial charge in [0.2, 0.25) is 5.95 Å². The van der Waals surface area contributed by atoms with Crippen LogP contribution in [0.3, 0.4) is 0 Å². The van der Waals surface area contributed by atoms with Crippen LogP contribution in [-0.2, 0) is 0 Å². The molecule has 0 radical (unpaired) electrons. The standard InChI is InChI=1S/C17H19ClN6/c1-12-9-16(21-15-5-3-14(10-19)4-6-15)22-17(20-12)24-8-7-23(18)11-13(24)2/h3-6,9,13H,7-8,11H2,1-2H3,(H,20,21,22). The number of aromatic nitrogens is 2. The monoisotopic (exact) mass is 342 g/mol. The summed E-state index contributed by atoms with van der Waals surface area (Å²) in [4.78, 5) is 11.4. The maximum absolute atomic E-state index is 8.87. The van der Waals surface area contributed by atoms with Crippen molar-refractivity contribution in [2.24, 2.45) is 0 Å². The molecule has 1 aliphatic rings. The van der Waals surface area contributed by atoms with E-state index >= 15 is 0 Å². The Morgan fingerprint density at radius 1 is 1.25 bits per heavy atom. The summed E-state index contributed by atoms with van der Waals surface area (Å²) in [7, 11) is 0. The smallest absolute Gasteiger partial charge is 0.227 e. The number of hydrogen-bond donors (Lipinski definition) is 1. The molecule has 1 unspecified atom stereocenters. The van der Waals surface area contributed by atoms with Crippen LogP contribution in [0, 0.1) is 18.3 Å². The summed E-state index contributed by atoms with van der Waals surface area (Å²) in [6.07, 6.45) is 0. The van der Waals surface area contributed by atoms with Crippen LogP contribution in [0.4, 0.5) is 17.5 Å². The summed E-state index contributed by atoms with van der Waals surface area (Å²) in [5, 5.41) is 12.1. The minimum Gasteiger partial charge on any atom is -0.340 e. The molecule has 1 aliphatic heterocycles. The number of rotatable bonds is 3. The van der Waals surface area contributed by atoms with E-state index in [4.69, 9.17) is 17.0 Å². The molecule has 6 nitrogen and oxygen atoms in total. The number of nitrogens with one attached hydrogen (secondary N) is 1. The van der Waals surface area contributed by atoms with Gasteiger partial charge in [-0.3, -0.25) is 0 Å². The molecule has 1 aromatic heterocycles. The lowest BCUT2D eigenvalue weighted by Gasteiger charge is -2.37. The second-order valence-electron chi connectivity index (χ2n) is 5.92. The Morgan fingerprint density at radius 2 is 2.00 bits per heavy atom. The number of piperazine rings is 1. The lowest BCUT2D eigenvalue weighted by Crippen LogP contribution is -2.49. The molecule has 0 aliphatic carbocycles. The third-order valence-electron chi connectivity index (χ3n) is 3.96. The lowest BCUT2D eigenvalue weighted by atomic mass is 10.2. The summed E-state index contributed by atoms with van der Waals surface area (Å²) in [6, 6.07) is 11.6. The van der Waals surface area contributed by atoms with Gasteiger partial charge in [0.25, 0.3) is 0 Å². The highest BCUT2D eigenvalue weighted by atomic mass is 35.5. The van der Waals surface area contributed by atoms with Crippen molar-refractivity contribution in [2.45, 2.75) is 19.9 Å². The highest BCUT2D eigenvalue weighted by Crippen LogP contribution is 2.22. The normalized spacial score (nSPS) is 18.2. The quantitative estimate of drug-likeness (QED) is 0.865. The Bertz CT molecular complexity index is 755. The summed E-state index contributed by atoms with van der Waals surface area (Å²) in [5.41, 5.74) is 2.42. The molecular weight excluding hydrogens is 324 g/mol. The van der Waals surface area contributed by atoms with Gasteiger partial charge in [-0.2, -0.15) is 10.2 Å². The fourth-order valence-electron chi connectivity index (χ4n) is 2.73. The number of nitriles is 1. The van der Waals surface area contributed by atoms with Gasteiger partial charge in [0.15, 0.2) is 0 Å². The van der Waals surface area contributed by atoms with E-state index in [0.717, 1.165) is 36.8 Å². The summed E-state index contributed by atoms with van der Waals surface area (Å²) in [5.74, 6) is 1.45. The Kier molecular flexibility index (Phi) is 4.84. The van der Waals surface area contributed by atoms with Crippen LogP contribution in [0.1, 0.15) is 18.2 Å². The molecule has 0 bridgehead atoms. The van der Waals surface area contributed by atoms with Crippen LogP contribution in [0.2, 0.25) is 0 Å². The van der Waals surface area contributed by atoms with Crippen molar-refractivity contribution in [2.75, 3.05) is 29.9 Å². The molecule has 2 heterocycles. The summed E-state index contributed by atoms with van der Waals surface area (Å²) >= 11 is 6.09. The van der Waals surface area contributed by atoms with Crippen LogP contribution in [-0.4, -0.2) is 40.1 Å². The van der Waals surface area contributed by atoms with Crippen molar-refractivity contribution in [1.29, 1.82) is 5.26 Å². The average molecular weight is 343 g/mol. The maximum Gasteiger partial charge on any atom is 0.227 e. The average Bonchev–Trinajstić information content (AvgIpc) is 2.55. The van der Waals surface area contributed by atoms with Gasteiger partial charge in [-0.15, -0.1) is 0 Å². The summed E-state index contributed by atoms with van der Waals surface area (Å²) < 4.78 is 1.80. The molecule has 1 N–H and O–H groups in total. The number of anilines is 3. The van der Waals surface area contributed by atoms with Gasteiger partial charge in [-0.25, -0.2) is 9.40 Å². The Labute approximate surface area is 146 Å². The number of halogens is 1. The zero-order valence-corrected chi connectivity index (χ0v) is 14.5. The summed E-state index contributed by atoms with van der Waals surface area (Å²) in [6.45, 7) is 6.43. The van der Waals surface area contributed by atoms with Crippen molar-refractivity contribution in [1.82, 2.24) is 14.4 Å². The molecule has 1 aromatic carbocycles. The second kappa shape index (κ2) is 7.04. The molecule has 0 saturated carbocycles. The molecule has 3 rings (SSSR count). The largest absolute Gasteiger partial charge is 0.340 e. The van der Waals surface area contributed by atoms with Crippen LogP contribution < -0.4 is 10.2 Å². The van der Waals surface area contributed by atoms with E-state index in [-0.39, 0.29) is 6.04 Å². The maximum atomic E-state index is 8.87. The molecule has 7 heteroatoms. The van der Waals surface area contributed by atoms with Crippen molar-refractivity contribution >= 4 is 29.2 Å². The fourth-order valence-corrected chi connectivity index (χ4v) is 3.01. The van der Waals surface area contributed by atoms with E-state index in [9.17, 15) is 0 Å². The molecule has 124 valence electrons. The third kappa shape index (κ3) is 3.75. The van der Waals surface area contributed by atoms with E-state index in [0.29, 0.717) is 11.5 Å². The van der Waals surface area contributed by atoms with E-state index < -0.39 is 0 Å². The Hall–Kier alpha value is -2.36. The van der Waals surface area contributed by atoms with Crippen LogP contribution in [0.15, 0.2) is 30.3 Å². The topological polar surface area (TPSA) is 68.1 Å². The SMILES string of the molecule is Cc1cc(Nc2ccc(C#N)cc2)nc(N2CCN(Cl)CC2C)n1. The molecule has 1 saturated heterocycles. The van der Waals surface area contributed by atoms with E-state index in [2.05, 4.69) is 33.2 Å². The number of benzene rings is 1. The van der Waals surface area contributed by atoms with Crippen molar-refractivity contribution in [3.05, 3.63) is 41.6 Å². The van der Waals surface area contributed by atoms with Crippen LogP contribution in [0.25, 0.3) is 0 Å². The van der Waals surface area contributed by atoms with E-state index in [1.807, 2.05) is 25.1 Å². The van der Waals surface area contributed by atoms with Crippen molar-refractivity contribution < 1.29 is 0 Å². The predicted molar refractivity (Wildman–Crippen MR) is 95.4 cm³/mol. The zero-order chi connectivity index (χ0) is 17.1. The van der Waals surface area contributed by atoms with Gasteiger partial charge in [0.05, 0.1) is 11.6 Å². The molecule has 1 fully saturated rings. The van der Waals surface area contributed by atoms with Crippen molar-refractivity contribution in [3.8, 4) is 6.07 Å². The first-order valence-electron chi connectivity index (χ1n) is 7.85. The molecule has 0 amide bonds. The van der Waals surface area contributed by atoms with Gasteiger partial charge < -0.3 is 10.2 Å². The van der Waals surface area contributed by atoms with E-state index in [1.165, 1.54) is 0 Å². The highest BCUT2D eigenvalue weighted by Gasteiger charge is 2.25. The number of aryl methyl sites for hydroxylation is 1. The van der Waals surface area contributed by atoms with Gasteiger partial charge >= 0.3 is 0 Å². The number of nitrogens with zero attached hydrogens (tertiary/aromatic N) is 5. The minimum atomic E-state index is 0.251. The second-order valence-corrected chi connectivity index (χ2v) is 6.40. The molecule has 1 atom stereocenters. The first kappa shape index (κ1) is 16.5. The van der Waals surface area contributed by atoms with Crippen molar-refractivity contribution in [3.63, 3.8) is 0 Å². The van der Waals surface area contributed by atoms with E-state index in [1.54, 1.807) is 16.6 Å². The highest BCUT2D eigenvalue weighted by molar-refractivity contribution is 6.13. The Morgan fingerprint density at radius 3 is 2.67 bits per heavy atom. The molecule has 24 heavy (non-hydrogen) atoms. The third-order valence-corrected chi connectivity index (χ3v) is 4.27. The van der Waals surface area contributed by atoms with Gasteiger partial charge in [0.1, 0.15) is 5.82 Å². The van der Waals surface area contributed by atoms with Gasteiger partial charge in [0, 0.05) is 43.1 Å².